The molecule has 19 heavy (non-hydrogen) atoms. The Morgan fingerprint density at radius 2 is 2.11 bits per heavy atom. The Hall–Kier alpha value is -0.810. The third-order valence-corrected chi connectivity index (χ3v) is 4.28. The molecule has 0 aromatic carbocycles. The molecular formula is C14H27N3OS. The van der Waals surface area contributed by atoms with E-state index in [9.17, 15) is 0 Å². The van der Waals surface area contributed by atoms with Crippen molar-refractivity contribution in [2.24, 2.45) is 0 Å². The van der Waals surface area contributed by atoms with E-state index in [0.29, 0.717) is 6.04 Å². The van der Waals surface area contributed by atoms with Gasteiger partial charge in [-0.3, -0.25) is 0 Å². The zero-order valence-electron chi connectivity index (χ0n) is 12.8. The van der Waals surface area contributed by atoms with Crippen molar-refractivity contribution in [2.45, 2.75) is 52.1 Å². The van der Waals surface area contributed by atoms with E-state index < -0.39 is 0 Å². The van der Waals surface area contributed by atoms with E-state index in [1.54, 1.807) is 18.4 Å². The first-order valence-electron chi connectivity index (χ1n) is 7.02. The summed E-state index contributed by atoms with van der Waals surface area (Å²) in [5.74, 6) is 0.752. The van der Waals surface area contributed by atoms with Crippen LogP contribution in [0.2, 0.25) is 0 Å². The minimum absolute atomic E-state index is 0.543. The molecule has 0 aliphatic carbocycles. The molecule has 0 saturated heterocycles. The van der Waals surface area contributed by atoms with E-state index in [2.05, 4.69) is 24.1 Å². The van der Waals surface area contributed by atoms with Gasteiger partial charge in [-0.15, -0.1) is 0 Å². The van der Waals surface area contributed by atoms with Crippen molar-refractivity contribution in [3.8, 4) is 5.88 Å². The number of rotatable bonds is 9. The van der Waals surface area contributed by atoms with Gasteiger partial charge < -0.3 is 15.0 Å². The highest BCUT2D eigenvalue weighted by Crippen LogP contribution is 2.30. The zero-order valence-corrected chi connectivity index (χ0v) is 13.6. The molecule has 110 valence electrons. The van der Waals surface area contributed by atoms with Crippen molar-refractivity contribution in [3.05, 3.63) is 4.88 Å². The molecule has 0 radical (unpaired) electrons. The lowest BCUT2D eigenvalue weighted by atomic mass is 10.1. The second-order valence-electron chi connectivity index (χ2n) is 5.10. The molecule has 0 amide bonds. The molecule has 1 atom stereocenters. The fourth-order valence-electron chi connectivity index (χ4n) is 1.86. The second-order valence-corrected chi connectivity index (χ2v) is 6.16. The topological polar surface area (TPSA) is 37.4 Å². The maximum Gasteiger partial charge on any atom is 0.230 e. The highest BCUT2D eigenvalue weighted by Gasteiger charge is 2.13. The molecule has 1 rings (SSSR count). The van der Waals surface area contributed by atoms with Crippen LogP contribution in [0.3, 0.4) is 0 Å². The summed E-state index contributed by atoms with van der Waals surface area (Å²) in [4.78, 5) is 7.65. The highest BCUT2D eigenvalue weighted by atomic mass is 32.1. The third-order valence-electron chi connectivity index (χ3n) is 3.08. The molecule has 1 N–H and O–H groups in total. The molecule has 1 aromatic rings. The largest absolute Gasteiger partial charge is 0.480 e. The summed E-state index contributed by atoms with van der Waals surface area (Å²) >= 11 is 1.69. The van der Waals surface area contributed by atoms with Crippen LogP contribution in [0.4, 0.5) is 5.13 Å². The number of ether oxygens (including phenoxy) is 1. The number of anilines is 1. The minimum Gasteiger partial charge on any atom is -0.480 e. The molecule has 0 fully saturated rings. The van der Waals surface area contributed by atoms with Crippen molar-refractivity contribution in [3.63, 3.8) is 0 Å². The molecule has 0 aliphatic rings. The molecule has 4 nitrogen and oxygen atoms in total. The minimum atomic E-state index is 0.543. The van der Waals surface area contributed by atoms with Crippen LogP contribution in [-0.2, 0) is 6.54 Å². The van der Waals surface area contributed by atoms with Gasteiger partial charge in [-0.1, -0.05) is 37.5 Å². The summed E-state index contributed by atoms with van der Waals surface area (Å²) in [6.45, 7) is 5.32. The Kier molecular flexibility index (Phi) is 7.16. The lowest BCUT2D eigenvalue weighted by molar-refractivity contribution is 0.392. The maximum absolute atomic E-state index is 5.34. The average Bonchev–Trinajstić information content (AvgIpc) is 2.80. The fourth-order valence-corrected chi connectivity index (χ4v) is 2.76. The number of aromatic nitrogens is 1. The molecule has 0 aliphatic heterocycles. The van der Waals surface area contributed by atoms with Gasteiger partial charge >= 0.3 is 0 Å². The van der Waals surface area contributed by atoms with Gasteiger partial charge in [0.1, 0.15) is 0 Å². The summed E-state index contributed by atoms with van der Waals surface area (Å²) in [5.41, 5.74) is 0. The molecule has 5 heteroatoms. The van der Waals surface area contributed by atoms with E-state index >= 15 is 0 Å². The number of thiazole rings is 1. The van der Waals surface area contributed by atoms with Crippen LogP contribution in [0.5, 0.6) is 5.88 Å². The Labute approximate surface area is 121 Å². The monoisotopic (exact) mass is 285 g/mol. The lowest BCUT2D eigenvalue weighted by Gasteiger charge is -2.12. The molecule has 1 aromatic heterocycles. The number of unbranched alkanes of at least 4 members (excludes halogenated alkanes) is 2. The summed E-state index contributed by atoms with van der Waals surface area (Å²) in [7, 11) is 5.69. The Balaban J connectivity index is 2.47. The summed E-state index contributed by atoms with van der Waals surface area (Å²) in [5, 5.41) is 4.55. The van der Waals surface area contributed by atoms with Crippen molar-refractivity contribution >= 4 is 16.5 Å². The standard InChI is InChI=1S/C14H27N3OS/c1-6-7-8-9-11(2)15-10-12-13(18-5)16-14(19-12)17(3)4/h11,15H,6-10H2,1-5H3. The highest BCUT2D eigenvalue weighted by molar-refractivity contribution is 7.15. The van der Waals surface area contributed by atoms with E-state index in [0.717, 1.165) is 17.6 Å². The van der Waals surface area contributed by atoms with Gasteiger partial charge in [0.05, 0.1) is 12.0 Å². The predicted octanol–water partition coefficient (Wildman–Crippen LogP) is 3.28. The van der Waals surface area contributed by atoms with Gasteiger partial charge in [0.25, 0.3) is 0 Å². The van der Waals surface area contributed by atoms with Crippen LogP contribution in [0.1, 0.15) is 44.4 Å². The number of nitrogens with one attached hydrogen (secondary N) is 1. The van der Waals surface area contributed by atoms with Crippen molar-refractivity contribution in [2.75, 3.05) is 26.1 Å². The molecule has 0 saturated carbocycles. The Morgan fingerprint density at radius 1 is 1.37 bits per heavy atom. The van der Waals surface area contributed by atoms with Gasteiger partial charge in [-0.25, -0.2) is 0 Å². The molecule has 1 unspecified atom stereocenters. The number of nitrogens with zero attached hydrogens (tertiary/aromatic N) is 2. The second kappa shape index (κ2) is 8.38. The summed E-state index contributed by atoms with van der Waals surface area (Å²) in [6.07, 6.45) is 5.13. The smallest absolute Gasteiger partial charge is 0.230 e. The fraction of sp³-hybridized carbons (Fsp3) is 0.786. The van der Waals surface area contributed by atoms with Crippen molar-refractivity contribution in [1.29, 1.82) is 0 Å². The SMILES string of the molecule is CCCCCC(C)NCc1sc(N(C)C)nc1OC. The van der Waals surface area contributed by atoms with Crippen LogP contribution in [-0.4, -0.2) is 32.2 Å². The quantitative estimate of drug-likeness (QED) is 0.707. The van der Waals surface area contributed by atoms with Gasteiger partial charge in [-0.05, 0) is 13.3 Å². The van der Waals surface area contributed by atoms with E-state index in [4.69, 9.17) is 4.74 Å². The van der Waals surface area contributed by atoms with Crippen LogP contribution in [0.15, 0.2) is 0 Å². The summed E-state index contributed by atoms with van der Waals surface area (Å²) < 4.78 is 5.34. The van der Waals surface area contributed by atoms with Gasteiger partial charge in [-0.2, -0.15) is 4.98 Å². The number of hydrogen-bond donors (Lipinski definition) is 1. The third kappa shape index (κ3) is 5.37. The molecular weight excluding hydrogens is 258 g/mol. The lowest BCUT2D eigenvalue weighted by Crippen LogP contribution is -2.25. The van der Waals surface area contributed by atoms with Crippen LogP contribution < -0.4 is 15.0 Å². The van der Waals surface area contributed by atoms with Crippen LogP contribution in [0.25, 0.3) is 0 Å². The van der Waals surface area contributed by atoms with E-state index in [1.807, 2.05) is 19.0 Å². The average molecular weight is 285 g/mol. The maximum atomic E-state index is 5.34. The van der Waals surface area contributed by atoms with E-state index in [-0.39, 0.29) is 0 Å². The number of methoxy groups -OCH3 is 1. The van der Waals surface area contributed by atoms with Gasteiger partial charge in [0.15, 0.2) is 5.13 Å². The van der Waals surface area contributed by atoms with Crippen molar-refractivity contribution in [1.82, 2.24) is 10.3 Å². The first-order valence-corrected chi connectivity index (χ1v) is 7.84. The molecule has 0 bridgehead atoms. The first-order chi connectivity index (χ1) is 9.08. The normalized spacial score (nSPS) is 12.5. The summed E-state index contributed by atoms with van der Waals surface area (Å²) in [6, 6.07) is 0.543. The molecule has 0 spiro atoms. The van der Waals surface area contributed by atoms with Gasteiger partial charge in [0.2, 0.25) is 5.88 Å². The number of hydrogen-bond acceptors (Lipinski definition) is 5. The van der Waals surface area contributed by atoms with Gasteiger partial charge in [0, 0.05) is 26.7 Å². The van der Waals surface area contributed by atoms with Crippen LogP contribution >= 0.6 is 11.3 Å². The van der Waals surface area contributed by atoms with Crippen LogP contribution in [0, 0.1) is 0 Å². The first kappa shape index (κ1) is 16.2. The van der Waals surface area contributed by atoms with Crippen molar-refractivity contribution < 1.29 is 4.74 Å². The van der Waals surface area contributed by atoms with E-state index in [1.165, 1.54) is 30.6 Å². The zero-order chi connectivity index (χ0) is 14.3. The predicted molar refractivity (Wildman–Crippen MR) is 83.4 cm³/mol. The Bertz CT molecular complexity index is 366. The molecule has 1 heterocycles. The Morgan fingerprint density at radius 3 is 2.68 bits per heavy atom.